The molecule has 0 N–H and O–H groups in total. The van der Waals surface area contributed by atoms with Crippen LogP contribution in [0.2, 0.25) is 0 Å². The molecule has 0 saturated heterocycles. The van der Waals surface area contributed by atoms with Gasteiger partial charge in [0.15, 0.2) is 0 Å². The van der Waals surface area contributed by atoms with Crippen LogP contribution in [-0.4, -0.2) is 19.0 Å². The topological polar surface area (TPSA) is 26.3 Å². The van der Waals surface area contributed by atoms with E-state index in [0.29, 0.717) is 12.2 Å². The van der Waals surface area contributed by atoms with Gasteiger partial charge in [-0.15, -0.1) is 0 Å². The lowest BCUT2D eigenvalue weighted by atomic mass is 9.60. The van der Waals surface area contributed by atoms with Crippen molar-refractivity contribution in [2.45, 2.75) is 71.3 Å². The van der Waals surface area contributed by atoms with Gasteiger partial charge >= 0.3 is 0 Å². The molecule has 1 saturated carbocycles. The van der Waals surface area contributed by atoms with Crippen molar-refractivity contribution in [1.82, 2.24) is 0 Å². The summed E-state index contributed by atoms with van der Waals surface area (Å²) in [6, 6.07) is 0. The maximum absolute atomic E-state index is 12.8. The lowest BCUT2D eigenvalue weighted by Crippen LogP contribution is -2.39. The Bertz CT molecular complexity index is 496. The summed E-state index contributed by atoms with van der Waals surface area (Å²) in [5.74, 6) is 0.768. The van der Waals surface area contributed by atoms with E-state index >= 15 is 0 Å². The summed E-state index contributed by atoms with van der Waals surface area (Å²) in [5.41, 5.74) is 4.46. The molecule has 1 spiro atoms. The Balaban J connectivity index is 2.15. The van der Waals surface area contributed by atoms with Gasteiger partial charge < -0.3 is 4.74 Å². The second-order valence-corrected chi connectivity index (χ2v) is 7.34. The van der Waals surface area contributed by atoms with Crippen LogP contribution in [0.5, 0.6) is 0 Å². The minimum atomic E-state index is 0.138. The van der Waals surface area contributed by atoms with Crippen molar-refractivity contribution >= 4 is 5.78 Å². The van der Waals surface area contributed by atoms with E-state index in [1.165, 1.54) is 36.0 Å². The monoisotopic (exact) mass is 288 g/mol. The number of ether oxygens (including phenoxy) is 1. The quantitative estimate of drug-likeness (QED) is 0.742. The second-order valence-electron chi connectivity index (χ2n) is 7.34. The second kappa shape index (κ2) is 5.72. The van der Waals surface area contributed by atoms with Crippen LogP contribution in [-0.2, 0) is 9.53 Å². The first-order chi connectivity index (χ1) is 10.1. The van der Waals surface area contributed by atoms with Gasteiger partial charge in [0.05, 0.1) is 6.10 Å². The Morgan fingerprint density at radius 3 is 2.71 bits per heavy atom. The summed E-state index contributed by atoms with van der Waals surface area (Å²) in [4.78, 5) is 12.8. The average Bonchev–Trinajstić information content (AvgIpc) is 2.81. The fraction of sp³-hybridized carbons (Fsp3) is 0.737. The number of Topliss-reactive ketones (excluding diaryl/α,β-unsaturated/α-hetero) is 1. The van der Waals surface area contributed by atoms with Crippen LogP contribution in [0.15, 0.2) is 22.8 Å². The lowest BCUT2D eigenvalue weighted by molar-refractivity contribution is -0.128. The van der Waals surface area contributed by atoms with Gasteiger partial charge in [0.25, 0.3) is 0 Å². The van der Waals surface area contributed by atoms with E-state index in [4.69, 9.17) is 4.74 Å². The third kappa shape index (κ3) is 2.42. The fourth-order valence-corrected chi connectivity index (χ4v) is 5.02. The Morgan fingerprint density at radius 2 is 2.00 bits per heavy atom. The van der Waals surface area contributed by atoms with Gasteiger partial charge in [-0.25, -0.2) is 0 Å². The van der Waals surface area contributed by atoms with Crippen molar-refractivity contribution in [3.63, 3.8) is 0 Å². The predicted octanol–water partition coefficient (Wildman–Crippen LogP) is 4.60. The maximum atomic E-state index is 12.8. The summed E-state index contributed by atoms with van der Waals surface area (Å²) < 4.78 is 5.75. The molecule has 0 radical (unpaired) electrons. The fourth-order valence-electron chi connectivity index (χ4n) is 5.02. The minimum absolute atomic E-state index is 0.138. The molecular formula is C19H28O2. The molecule has 116 valence electrons. The van der Waals surface area contributed by atoms with E-state index in [2.05, 4.69) is 19.9 Å². The third-order valence-corrected chi connectivity index (χ3v) is 5.90. The molecule has 0 heterocycles. The predicted molar refractivity (Wildman–Crippen MR) is 85.1 cm³/mol. The molecule has 0 unspecified atom stereocenters. The first-order valence-electron chi connectivity index (χ1n) is 8.52. The van der Waals surface area contributed by atoms with Crippen LogP contribution in [0.3, 0.4) is 0 Å². The molecule has 2 bridgehead atoms. The van der Waals surface area contributed by atoms with Crippen LogP contribution in [0.1, 0.15) is 65.2 Å². The van der Waals surface area contributed by atoms with Crippen molar-refractivity contribution < 1.29 is 9.53 Å². The highest BCUT2D eigenvalue weighted by Gasteiger charge is 2.51. The van der Waals surface area contributed by atoms with E-state index in [9.17, 15) is 4.79 Å². The number of carbonyl (C=O) groups is 1. The molecule has 21 heavy (non-hydrogen) atoms. The maximum Gasteiger partial charge on any atom is 0.136 e. The summed E-state index contributed by atoms with van der Waals surface area (Å²) in [6.07, 6.45) is 11.2. The van der Waals surface area contributed by atoms with Crippen LogP contribution < -0.4 is 0 Å². The minimum Gasteiger partial charge on any atom is -0.377 e. The zero-order chi connectivity index (χ0) is 15.0. The van der Waals surface area contributed by atoms with Crippen LogP contribution in [0, 0.1) is 11.3 Å². The van der Waals surface area contributed by atoms with Crippen molar-refractivity contribution in [2.75, 3.05) is 7.11 Å². The number of methoxy groups -OCH3 is 1. The zero-order valence-corrected chi connectivity index (χ0v) is 13.7. The van der Waals surface area contributed by atoms with E-state index in [1.807, 2.05) is 0 Å². The van der Waals surface area contributed by atoms with Crippen molar-refractivity contribution in [3.05, 3.63) is 22.8 Å². The molecule has 0 amide bonds. The number of rotatable bonds is 2. The Morgan fingerprint density at radius 1 is 1.19 bits per heavy atom. The van der Waals surface area contributed by atoms with Gasteiger partial charge in [0.1, 0.15) is 5.78 Å². The first-order valence-corrected chi connectivity index (χ1v) is 8.52. The normalized spacial score (nSPS) is 36.0. The molecule has 3 aliphatic rings. The number of allylic oxidation sites excluding steroid dienone is 3. The summed E-state index contributed by atoms with van der Waals surface area (Å²) >= 11 is 0. The molecular weight excluding hydrogens is 260 g/mol. The molecule has 3 atom stereocenters. The highest BCUT2D eigenvalue weighted by molar-refractivity contribution is 5.83. The largest absolute Gasteiger partial charge is 0.377 e. The molecule has 2 heteroatoms. The zero-order valence-electron chi connectivity index (χ0n) is 13.7. The first kappa shape index (κ1) is 15.0. The van der Waals surface area contributed by atoms with E-state index in [0.717, 1.165) is 25.7 Å². The van der Waals surface area contributed by atoms with E-state index < -0.39 is 0 Å². The number of carbonyl (C=O) groups excluding carboxylic acids is 1. The highest BCUT2D eigenvalue weighted by Crippen LogP contribution is 2.58. The smallest absolute Gasteiger partial charge is 0.136 e. The number of hydrogen-bond donors (Lipinski definition) is 0. The van der Waals surface area contributed by atoms with Crippen molar-refractivity contribution in [3.8, 4) is 0 Å². The summed E-state index contributed by atoms with van der Waals surface area (Å²) in [6.45, 7) is 4.34. The summed E-state index contributed by atoms with van der Waals surface area (Å²) in [5, 5.41) is 0. The van der Waals surface area contributed by atoms with Crippen LogP contribution >= 0.6 is 0 Å². The van der Waals surface area contributed by atoms with Gasteiger partial charge in [-0.05, 0) is 57.1 Å². The van der Waals surface area contributed by atoms with E-state index in [1.54, 1.807) is 7.11 Å². The van der Waals surface area contributed by atoms with Gasteiger partial charge in [-0.1, -0.05) is 24.5 Å². The molecule has 0 aromatic carbocycles. The molecule has 0 aromatic heterocycles. The molecule has 2 nitrogen and oxygen atoms in total. The van der Waals surface area contributed by atoms with Crippen LogP contribution in [0.4, 0.5) is 0 Å². The standard InChI is InChI=1S/C19H28O2/c1-13(2)12-16-14-9-11-19(16)10-5-4-6-15(19)17(20)7-8-18(14)21-3/h12,15,18H,4-11H2,1-3H3/t15-,18-,19+/m0/s1. The lowest BCUT2D eigenvalue weighted by Gasteiger charge is -2.43. The Labute approximate surface area is 128 Å². The van der Waals surface area contributed by atoms with Crippen molar-refractivity contribution in [1.29, 1.82) is 0 Å². The molecule has 3 aliphatic carbocycles. The van der Waals surface area contributed by atoms with Crippen molar-refractivity contribution in [2.24, 2.45) is 11.3 Å². The molecule has 0 aliphatic heterocycles. The van der Waals surface area contributed by atoms with Gasteiger partial charge in [-0.3, -0.25) is 4.79 Å². The highest BCUT2D eigenvalue weighted by atomic mass is 16.5. The molecule has 0 aromatic rings. The molecule has 1 fully saturated rings. The Kier molecular flexibility index (Phi) is 4.09. The van der Waals surface area contributed by atoms with Crippen LogP contribution in [0.25, 0.3) is 0 Å². The van der Waals surface area contributed by atoms with Gasteiger partial charge in [0, 0.05) is 24.9 Å². The molecule has 3 rings (SSSR count). The van der Waals surface area contributed by atoms with E-state index in [-0.39, 0.29) is 17.4 Å². The average molecular weight is 288 g/mol. The third-order valence-electron chi connectivity index (χ3n) is 5.90. The SMILES string of the molecule is CO[C@H]1CCC(=O)[C@@H]2CCCC[C@@]23CCC1=C3C=C(C)C. The summed E-state index contributed by atoms with van der Waals surface area (Å²) in [7, 11) is 1.80. The number of ketones is 1. The van der Waals surface area contributed by atoms with Gasteiger partial charge in [0.2, 0.25) is 0 Å². The number of hydrogen-bond acceptors (Lipinski definition) is 2. The Hall–Kier alpha value is -0.890. The van der Waals surface area contributed by atoms with Gasteiger partial charge in [-0.2, -0.15) is 0 Å².